The van der Waals surface area contributed by atoms with Gasteiger partial charge in [0.2, 0.25) is 5.91 Å². The Kier molecular flexibility index (Phi) is 7.10. The van der Waals surface area contributed by atoms with Crippen LogP contribution in [0.25, 0.3) is 11.1 Å². The maximum absolute atomic E-state index is 13.1. The van der Waals surface area contributed by atoms with Gasteiger partial charge in [0.15, 0.2) is 0 Å². The van der Waals surface area contributed by atoms with Gasteiger partial charge in [-0.25, -0.2) is 9.78 Å². The first kappa shape index (κ1) is 22.8. The van der Waals surface area contributed by atoms with Gasteiger partial charge in [-0.2, -0.15) is 0 Å². The average molecular weight is 433 g/mol. The average Bonchev–Trinajstić information content (AvgIpc) is 2.73. The molecule has 1 atom stereocenters. The third-order valence-electron chi connectivity index (χ3n) is 4.53. The van der Waals surface area contributed by atoms with Crippen LogP contribution in [0, 0.1) is 0 Å². The van der Waals surface area contributed by atoms with Crippen LogP contribution < -0.4 is 16.4 Å². The maximum atomic E-state index is 13.1. The quantitative estimate of drug-likeness (QED) is 0.535. The van der Waals surface area contributed by atoms with Crippen LogP contribution >= 0.6 is 0 Å². The van der Waals surface area contributed by atoms with Gasteiger partial charge < -0.3 is 21.1 Å². The molecule has 0 unspecified atom stereocenters. The molecule has 0 saturated heterocycles. The monoisotopic (exact) mass is 432 g/mol. The van der Waals surface area contributed by atoms with E-state index in [2.05, 4.69) is 15.6 Å². The molecule has 3 rings (SSSR count). The number of pyridine rings is 1. The Bertz CT molecular complexity index is 1080. The predicted molar refractivity (Wildman–Crippen MR) is 126 cm³/mol. The Morgan fingerprint density at radius 3 is 2.41 bits per heavy atom. The zero-order chi connectivity index (χ0) is 23.1. The fourth-order valence-corrected chi connectivity index (χ4v) is 3.14. The van der Waals surface area contributed by atoms with Crippen LogP contribution in [0.2, 0.25) is 0 Å². The first-order chi connectivity index (χ1) is 15.2. The lowest BCUT2D eigenvalue weighted by Crippen LogP contribution is -2.47. The van der Waals surface area contributed by atoms with E-state index in [0.717, 1.165) is 16.7 Å². The summed E-state index contributed by atoms with van der Waals surface area (Å²) in [4.78, 5) is 29.5. The number of nitrogens with two attached hydrogens (primary N) is 1. The second kappa shape index (κ2) is 9.96. The number of ether oxygens (including phenoxy) is 1. The van der Waals surface area contributed by atoms with E-state index in [1.807, 2.05) is 54.6 Å². The number of alkyl carbamates (subject to hydrolysis) is 1. The van der Waals surface area contributed by atoms with Gasteiger partial charge in [-0.3, -0.25) is 4.79 Å². The largest absolute Gasteiger partial charge is 0.444 e. The summed E-state index contributed by atoms with van der Waals surface area (Å²) in [5, 5.41) is 5.60. The number of rotatable bonds is 6. The minimum Gasteiger partial charge on any atom is -0.444 e. The van der Waals surface area contributed by atoms with E-state index in [0.29, 0.717) is 17.9 Å². The Morgan fingerprint density at radius 2 is 1.72 bits per heavy atom. The Morgan fingerprint density at radius 1 is 1.00 bits per heavy atom. The minimum atomic E-state index is -0.813. The SMILES string of the molecule is CC(C)(C)OC(=O)N[C@@H](Cc1ccccc1)C(=O)Nc1cccc(-c2ccnc(N)c2)c1. The van der Waals surface area contributed by atoms with Gasteiger partial charge in [0.25, 0.3) is 0 Å². The molecule has 0 aliphatic rings. The fourth-order valence-electron chi connectivity index (χ4n) is 3.14. The van der Waals surface area contributed by atoms with Gasteiger partial charge >= 0.3 is 6.09 Å². The molecular weight excluding hydrogens is 404 g/mol. The molecule has 0 aliphatic heterocycles. The second-order valence-electron chi connectivity index (χ2n) is 8.43. The molecule has 32 heavy (non-hydrogen) atoms. The normalized spacial score (nSPS) is 12.0. The summed E-state index contributed by atoms with van der Waals surface area (Å²) >= 11 is 0. The highest BCUT2D eigenvalue weighted by Gasteiger charge is 2.25. The van der Waals surface area contributed by atoms with Crippen LogP contribution in [0.1, 0.15) is 26.3 Å². The minimum absolute atomic E-state index is 0.326. The van der Waals surface area contributed by atoms with Crippen molar-refractivity contribution in [2.45, 2.75) is 38.8 Å². The number of nitrogen functional groups attached to an aromatic ring is 1. The number of anilines is 2. The van der Waals surface area contributed by atoms with Crippen LogP contribution in [0.5, 0.6) is 0 Å². The number of benzene rings is 2. The molecule has 0 spiro atoms. The number of amides is 2. The zero-order valence-corrected chi connectivity index (χ0v) is 18.5. The molecule has 0 bridgehead atoms. The molecule has 7 heteroatoms. The summed E-state index contributed by atoms with van der Waals surface area (Å²) < 4.78 is 5.35. The maximum Gasteiger partial charge on any atom is 0.408 e. The number of aromatic nitrogens is 1. The number of nitrogens with one attached hydrogen (secondary N) is 2. The van der Waals surface area contributed by atoms with Crippen molar-refractivity contribution in [3.8, 4) is 11.1 Å². The summed E-state index contributed by atoms with van der Waals surface area (Å²) in [7, 11) is 0. The van der Waals surface area contributed by atoms with E-state index in [9.17, 15) is 9.59 Å². The molecule has 0 fully saturated rings. The molecular formula is C25H28N4O3. The molecule has 2 amide bonds. The van der Waals surface area contributed by atoms with Gasteiger partial charge in [0.05, 0.1) is 0 Å². The van der Waals surface area contributed by atoms with E-state index in [1.165, 1.54) is 0 Å². The highest BCUT2D eigenvalue weighted by molar-refractivity contribution is 5.97. The Balaban J connectivity index is 1.78. The Labute approximate surface area is 188 Å². The van der Waals surface area contributed by atoms with Crippen molar-refractivity contribution in [1.29, 1.82) is 0 Å². The molecule has 3 aromatic rings. The summed E-state index contributed by atoms with van der Waals surface area (Å²) in [6, 6.07) is 19.7. The van der Waals surface area contributed by atoms with Crippen molar-refractivity contribution in [3.63, 3.8) is 0 Å². The molecule has 4 N–H and O–H groups in total. The second-order valence-corrected chi connectivity index (χ2v) is 8.43. The number of carbonyl (C=O) groups excluding carboxylic acids is 2. The van der Waals surface area contributed by atoms with Gasteiger partial charge in [0, 0.05) is 18.3 Å². The summed E-state index contributed by atoms with van der Waals surface area (Å²) in [5.41, 5.74) is 8.42. The van der Waals surface area contributed by atoms with Crippen molar-refractivity contribution in [1.82, 2.24) is 10.3 Å². The van der Waals surface area contributed by atoms with Crippen LogP contribution in [0.15, 0.2) is 72.9 Å². The molecule has 2 aromatic carbocycles. The summed E-state index contributed by atoms with van der Waals surface area (Å²) in [6.07, 6.45) is 1.32. The summed E-state index contributed by atoms with van der Waals surface area (Å²) in [5.74, 6) is 0.0764. The highest BCUT2D eigenvalue weighted by Crippen LogP contribution is 2.23. The van der Waals surface area contributed by atoms with Crippen molar-refractivity contribution >= 4 is 23.5 Å². The standard InChI is InChI=1S/C25H28N4O3/c1-25(2,3)32-24(31)29-21(14-17-8-5-4-6-9-17)23(30)28-20-11-7-10-18(15-20)19-12-13-27-22(26)16-19/h4-13,15-16,21H,14H2,1-3H3,(H2,26,27)(H,28,30)(H,29,31)/t21-/m0/s1. The number of hydrogen-bond acceptors (Lipinski definition) is 5. The third-order valence-corrected chi connectivity index (χ3v) is 4.53. The van der Waals surface area contributed by atoms with Gasteiger partial charge in [-0.05, 0) is 61.7 Å². The van der Waals surface area contributed by atoms with Gasteiger partial charge in [-0.1, -0.05) is 42.5 Å². The van der Waals surface area contributed by atoms with Crippen molar-refractivity contribution < 1.29 is 14.3 Å². The van der Waals surface area contributed by atoms with E-state index in [1.54, 1.807) is 39.1 Å². The molecule has 166 valence electrons. The predicted octanol–water partition coefficient (Wildman–Crippen LogP) is 4.41. The molecule has 7 nitrogen and oxygen atoms in total. The highest BCUT2D eigenvalue weighted by atomic mass is 16.6. The first-order valence-electron chi connectivity index (χ1n) is 10.4. The molecule has 0 saturated carbocycles. The summed E-state index contributed by atoms with van der Waals surface area (Å²) in [6.45, 7) is 5.32. The third kappa shape index (κ3) is 6.84. The van der Waals surface area contributed by atoms with Gasteiger partial charge in [0.1, 0.15) is 17.5 Å². The number of carbonyl (C=O) groups is 2. The fraction of sp³-hybridized carbons (Fsp3) is 0.240. The molecule has 1 heterocycles. The van der Waals surface area contributed by atoms with E-state index in [4.69, 9.17) is 10.5 Å². The van der Waals surface area contributed by atoms with Gasteiger partial charge in [-0.15, -0.1) is 0 Å². The molecule has 1 aromatic heterocycles. The Hall–Kier alpha value is -3.87. The van der Waals surface area contributed by atoms with Crippen LogP contribution in [-0.4, -0.2) is 28.6 Å². The molecule has 0 aliphatic carbocycles. The lowest BCUT2D eigenvalue weighted by atomic mass is 10.0. The van der Waals surface area contributed by atoms with Crippen LogP contribution in [0.3, 0.4) is 0 Å². The van der Waals surface area contributed by atoms with E-state index in [-0.39, 0.29) is 5.91 Å². The lowest BCUT2D eigenvalue weighted by molar-refractivity contribution is -0.118. The van der Waals surface area contributed by atoms with Crippen molar-refractivity contribution in [2.75, 3.05) is 11.1 Å². The first-order valence-corrected chi connectivity index (χ1v) is 10.4. The van der Waals surface area contributed by atoms with Crippen LogP contribution in [-0.2, 0) is 16.0 Å². The van der Waals surface area contributed by atoms with Crippen molar-refractivity contribution in [3.05, 3.63) is 78.5 Å². The smallest absolute Gasteiger partial charge is 0.408 e. The topological polar surface area (TPSA) is 106 Å². The van der Waals surface area contributed by atoms with Crippen LogP contribution in [0.4, 0.5) is 16.3 Å². The van der Waals surface area contributed by atoms with E-state index < -0.39 is 17.7 Å². The zero-order valence-electron chi connectivity index (χ0n) is 18.5. The van der Waals surface area contributed by atoms with Crippen molar-refractivity contribution in [2.24, 2.45) is 0 Å². The number of hydrogen-bond donors (Lipinski definition) is 3. The van der Waals surface area contributed by atoms with E-state index >= 15 is 0 Å². The lowest BCUT2D eigenvalue weighted by Gasteiger charge is -2.23. The number of nitrogens with zero attached hydrogens (tertiary/aromatic N) is 1. The molecule has 0 radical (unpaired) electrons.